The number of aromatic nitrogens is 3. The Kier molecular flexibility index (Phi) is 3.86. The van der Waals surface area contributed by atoms with Crippen LogP contribution in [0.1, 0.15) is 5.69 Å². The Hall–Kier alpha value is -0.560. The van der Waals surface area contributed by atoms with E-state index in [9.17, 15) is 0 Å². The monoisotopic (exact) mass is 319 g/mol. The summed E-state index contributed by atoms with van der Waals surface area (Å²) in [5.74, 6) is 0.572. The second-order valence-electron chi connectivity index (χ2n) is 2.90. The minimum atomic E-state index is 0.380. The van der Waals surface area contributed by atoms with E-state index in [0.29, 0.717) is 22.1 Å². The highest BCUT2D eigenvalue weighted by Gasteiger charge is 2.12. The number of hydrogen-bond donors (Lipinski definition) is 0. The maximum Gasteiger partial charge on any atom is 0.172 e. The quantitative estimate of drug-likeness (QED) is 0.815. The smallest absolute Gasteiger partial charge is 0.172 e. The molecule has 0 aliphatic rings. The summed E-state index contributed by atoms with van der Waals surface area (Å²) < 4.78 is 5.72. The van der Waals surface area contributed by atoms with E-state index in [1.165, 1.54) is 11.3 Å². The van der Waals surface area contributed by atoms with Crippen LogP contribution in [0.3, 0.4) is 0 Å². The molecular weight excluding hydrogens is 314 g/mol. The third-order valence-corrected chi connectivity index (χ3v) is 3.92. The third-order valence-electron chi connectivity index (χ3n) is 1.81. The van der Waals surface area contributed by atoms with E-state index >= 15 is 0 Å². The Morgan fingerprint density at radius 1 is 1.50 bits per heavy atom. The molecular formula is C9H7BrClN3OS. The molecule has 0 aromatic carbocycles. The number of nitrogens with zero attached hydrogens (tertiary/aromatic N) is 3. The Labute approximate surface area is 110 Å². The average molecular weight is 321 g/mol. The van der Waals surface area contributed by atoms with Crippen molar-refractivity contribution < 1.29 is 4.74 Å². The molecule has 2 heterocycles. The molecule has 0 saturated carbocycles. The summed E-state index contributed by atoms with van der Waals surface area (Å²) >= 11 is 10.8. The summed E-state index contributed by atoms with van der Waals surface area (Å²) in [5.41, 5.74) is 2.45. The van der Waals surface area contributed by atoms with Crippen LogP contribution in [0.2, 0.25) is 5.15 Å². The van der Waals surface area contributed by atoms with Crippen molar-refractivity contribution >= 4 is 38.9 Å². The number of halogens is 2. The average Bonchev–Trinajstić information content (AvgIpc) is 2.78. The minimum absolute atomic E-state index is 0.380. The molecule has 2 aromatic heterocycles. The van der Waals surface area contributed by atoms with Crippen LogP contribution in [0.15, 0.2) is 16.2 Å². The minimum Gasteiger partial charge on any atom is -0.378 e. The van der Waals surface area contributed by atoms with Crippen molar-refractivity contribution in [3.63, 3.8) is 0 Å². The molecule has 2 rings (SSSR count). The first-order valence-corrected chi connectivity index (χ1v) is 6.37. The van der Waals surface area contributed by atoms with Crippen molar-refractivity contribution in [1.82, 2.24) is 15.0 Å². The molecule has 16 heavy (non-hydrogen) atoms. The highest BCUT2D eigenvalue weighted by Crippen LogP contribution is 2.28. The molecule has 0 aliphatic carbocycles. The lowest BCUT2D eigenvalue weighted by atomic mass is 10.4. The molecule has 0 radical (unpaired) electrons. The number of methoxy groups -OCH3 is 1. The van der Waals surface area contributed by atoms with Crippen LogP contribution in [0.25, 0.3) is 10.7 Å². The van der Waals surface area contributed by atoms with Crippen LogP contribution in [-0.2, 0) is 11.3 Å². The lowest BCUT2D eigenvalue weighted by molar-refractivity contribution is 0.181. The molecule has 0 N–H and O–H groups in total. The van der Waals surface area contributed by atoms with E-state index in [1.807, 2.05) is 0 Å². The predicted molar refractivity (Wildman–Crippen MR) is 66.6 cm³/mol. The normalized spacial score (nSPS) is 10.7. The van der Waals surface area contributed by atoms with Crippen LogP contribution < -0.4 is 0 Å². The Morgan fingerprint density at radius 3 is 2.94 bits per heavy atom. The van der Waals surface area contributed by atoms with Gasteiger partial charge in [-0.2, -0.15) is 0 Å². The summed E-state index contributed by atoms with van der Waals surface area (Å²) in [6, 6.07) is 0. The lowest BCUT2D eigenvalue weighted by Gasteiger charge is -2.05. The summed E-state index contributed by atoms with van der Waals surface area (Å²) in [6.07, 6.45) is 1.71. The fraction of sp³-hybridized carbons (Fsp3) is 0.222. The SMILES string of the molecule is COCc1nc(-c2cncs2)nc(Cl)c1Br. The van der Waals surface area contributed by atoms with E-state index in [0.717, 1.165) is 10.6 Å². The molecule has 0 fully saturated rings. The van der Waals surface area contributed by atoms with Gasteiger partial charge in [0.15, 0.2) is 5.82 Å². The predicted octanol–water partition coefficient (Wildman–Crippen LogP) is 3.16. The molecule has 0 unspecified atom stereocenters. The van der Waals surface area contributed by atoms with Gasteiger partial charge in [-0.1, -0.05) is 11.6 Å². The van der Waals surface area contributed by atoms with Gasteiger partial charge in [-0.05, 0) is 15.9 Å². The zero-order valence-electron chi connectivity index (χ0n) is 8.28. The van der Waals surface area contributed by atoms with Crippen LogP contribution in [0, 0.1) is 0 Å². The molecule has 4 nitrogen and oxygen atoms in total. The highest BCUT2D eigenvalue weighted by molar-refractivity contribution is 9.10. The first kappa shape index (κ1) is 11.9. The van der Waals surface area contributed by atoms with Crippen molar-refractivity contribution in [3.05, 3.63) is 27.0 Å². The maximum absolute atomic E-state index is 6.00. The molecule has 0 amide bonds. The molecule has 84 valence electrons. The van der Waals surface area contributed by atoms with Crippen molar-refractivity contribution in [1.29, 1.82) is 0 Å². The number of ether oxygens (including phenoxy) is 1. The van der Waals surface area contributed by atoms with Crippen molar-refractivity contribution in [2.24, 2.45) is 0 Å². The van der Waals surface area contributed by atoms with Gasteiger partial charge in [-0.3, -0.25) is 4.98 Å². The number of rotatable bonds is 3. The van der Waals surface area contributed by atoms with Crippen LogP contribution in [-0.4, -0.2) is 22.1 Å². The largest absolute Gasteiger partial charge is 0.378 e. The third kappa shape index (κ3) is 2.40. The standard InChI is InChI=1S/C9H7BrClN3OS/c1-15-3-5-7(10)8(11)14-9(13-5)6-2-12-4-16-6/h2,4H,3H2,1H3. The lowest BCUT2D eigenvalue weighted by Crippen LogP contribution is -1.99. The van der Waals surface area contributed by atoms with E-state index < -0.39 is 0 Å². The van der Waals surface area contributed by atoms with Crippen molar-refractivity contribution in [3.8, 4) is 10.7 Å². The fourth-order valence-electron chi connectivity index (χ4n) is 1.13. The van der Waals surface area contributed by atoms with Gasteiger partial charge in [0.2, 0.25) is 0 Å². The Morgan fingerprint density at radius 2 is 2.31 bits per heavy atom. The maximum atomic E-state index is 6.00. The Bertz CT molecular complexity index is 492. The zero-order valence-corrected chi connectivity index (χ0v) is 11.4. The summed E-state index contributed by atoms with van der Waals surface area (Å²) in [4.78, 5) is 13.4. The first-order valence-electron chi connectivity index (χ1n) is 4.32. The summed E-state index contributed by atoms with van der Waals surface area (Å²) in [7, 11) is 1.61. The van der Waals surface area contributed by atoms with Gasteiger partial charge in [0, 0.05) is 13.3 Å². The topological polar surface area (TPSA) is 47.9 Å². The zero-order chi connectivity index (χ0) is 11.5. The highest BCUT2D eigenvalue weighted by atomic mass is 79.9. The van der Waals surface area contributed by atoms with Crippen molar-refractivity contribution in [2.45, 2.75) is 6.61 Å². The molecule has 2 aromatic rings. The second kappa shape index (κ2) is 5.18. The number of thiazole rings is 1. The van der Waals surface area contributed by atoms with Gasteiger partial charge in [-0.15, -0.1) is 11.3 Å². The summed E-state index contributed by atoms with van der Waals surface area (Å²) in [5, 5.41) is 0.380. The molecule has 0 aliphatic heterocycles. The van der Waals surface area contributed by atoms with E-state index in [2.05, 4.69) is 30.9 Å². The van der Waals surface area contributed by atoms with Crippen molar-refractivity contribution in [2.75, 3.05) is 7.11 Å². The molecule has 0 saturated heterocycles. The number of hydrogen-bond acceptors (Lipinski definition) is 5. The van der Waals surface area contributed by atoms with Gasteiger partial charge in [-0.25, -0.2) is 9.97 Å². The van der Waals surface area contributed by atoms with Gasteiger partial charge in [0.1, 0.15) is 5.15 Å². The Balaban J connectivity index is 2.48. The van der Waals surface area contributed by atoms with Gasteiger partial charge < -0.3 is 4.74 Å². The molecule has 7 heteroatoms. The molecule has 0 bridgehead atoms. The first-order chi connectivity index (χ1) is 7.72. The van der Waals surface area contributed by atoms with Crippen LogP contribution in [0.5, 0.6) is 0 Å². The molecule has 0 atom stereocenters. The fourth-order valence-corrected chi connectivity index (χ4v) is 2.17. The van der Waals surface area contributed by atoms with E-state index in [4.69, 9.17) is 16.3 Å². The van der Waals surface area contributed by atoms with E-state index in [1.54, 1.807) is 18.8 Å². The van der Waals surface area contributed by atoms with Gasteiger partial charge >= 0.3 is 0 Å². The van der Waals surface area contributed by atoms with Crippen LogP contribution >= 0.6 is 38.9 Å². The van der Waals surface area contributed by atoms with E-state index in [-0.39, 0.29) is 0 Å². The van der Waals surface area contributed by atoms with Gasteiger partial charge in [0.25, 0.3) is 0 Å². The second-order valence-corrected chi connectivity index (χ2v) is 4.93. The molecule has 0 spiro atoms. The van der Waals surface area contributed by atoms with Crippen LogP contribution in [0.4, 0.5) is 0 Å². The van der Waals surface area contributed by atoms with Gasteiger partial charge in [0.05, 0.1) is 27.2 Å². The summed E-state index contributed by atoms with van der Waals surface area (Å²) in [6.45, 7) is 0.384.